The first-order chi connectivity index (χ1) is 10.1. The van der Waals surface area contributed by atoms with Crippen molar-refractivity contribution < 1.29 is 14.0 Å². The monoisotopic (exact) mass is 293 g/mol. The number of anilines is 1. The summed E-state index contributed by atoms with van der Waals surface area (Å²) >= 11 is 0. The molecule has 1 aromatic carbocycles. The van der Waals surface area contributed by atoms with Gasteiger partial charge in [-0.3, -0.25) is 9.59 Å². The molecular weight excluding hydrogens is 273 g/mol. The van der Waals surface area contributed by atoms with Gasteiger partial charge in [-0.2, -0.15) is 0 Å². The van der Waals surface area contributed by atoms with Crippen LogP contribution in [0.2, 0.25) is 0 Å². The fourth-order valence-corrected chi connectivity index (χ4v) is 2.34. The lowest BCUT2D eigenvalue weighted by Crippen LogP contribution is -2.42. The van der Waals surface area contributed by atoms with Crippen LogP contribution in [0.1, 0.15) is 19.3 Å². The van der Waals surface area contributed by atoms with E-state index < -0.39 is 6.04 Å². The highest BCUT2D eigenvalue weighted by atomic mass is 19.1. The lowest BCUT2D eigenvalue weighted by atomic mass is 10.2. The Hall–Kier alpha value is -2.11. The highest BCUT2D eigenvalue weighted by Crippen LogP contribution is 2.16. The van der Waals surface area contributed by atoms with Crippen LogP contribution >= 0.6 is 0 Å². The quantitative estimate of drug-likeness (QED) is 0.771. The van der Waals surface area contributed by atoms with Crippen molar-refractivity contribution in [1.82, 2.24) is 10.6 Å². The van der Waals surface area contributed by atoms with Gasteiger partial charge in [0, 0.05) is 26.6 Å². The van der Waals surface area contributed by atoms with Crippen molar-refractivity contribution in [3.63, 3.8) is 0 Å². The van der Waals surface area contributed by atoms with Crippen molar-refractivity contribution >= 4 is 17.5 Å². The summed E-state index contributed by atoms with van der Waals surface area (Å²) in [6.07, 6.45) is 1.67. The van der Waals surface area contributed by atoms with E-state index in [1.807, 2.05) is 11.9 Å². The molecule has 2 amide bonds. The van der Waals surface area contributed by atoms with Gasteiger partial charge in [0.2, 0.25) is 11.8 Å². The zero-order valence-corrected chi connectivity index (χ0v) is 12.1. The van der Waals surface area contributed by atoms with Gasteiger partial charge >= 0.3 is 0 Å². The van der Waals surface area contributed by atoms with Crippen LogP contribution in [0.25, 0.3) is 0 Å². The number of carbonyl (C=O) groups is 2. The Balaban J connectivity index is 1.69. The molecule has 114 valence electrons. The van der Waals surface area contributed by atoms with Crippen molar-refractivity contribution in [2.45, 2.75) is 25.3 Å². The van der Waals surface area contributed by atoms with Gasteiger partial charge in [-0.25, -0.2) is 4.39 Å². The van der Waals surface area contributed by atoms with Gasteiger partial charge in [-0.1, -0.05) is 12.1 Å². The molecule has 0 saturated carbocycles. The van der Waals surface area contributed by atoms with Crippen molar-refractivity contribution in [1.29, 1.82) is 0 Å². The molecule has 0 unspecified atom stereocenters. The third-order valence-electron chi connectivity index (χ3n) is 3.55. The predicted molar refractivity (Wildman–Crippen MR) is 78.5 cm³/mol. The number of hydrogen-bond acceptors (Lipinski definition) is 3. The summed E-state index contributed by atoms with van der Waals surface area (Å²) in [6.45, 7) is 1.14. The van der Waals surface area contributed by atoms with Crippen LogP contribution in [0.5, 0.6) is 0 Å². The van der Waals surface area contributed by atoms with Gasteiger partial charge in [0.05, 0.1) is 5.69 Å². The average molecular weight is 293 g/mol. The fraction of sp³-hybridized carbons (Fsp3) is 0.467. The van der Waals surface area contributed by atoms with Gasteiger partial charge in [-0.15, -0.1) is 0 Å². The number of rotatable bonds is 6. The molecule has 1 heterocycles. The molecule has 0 radical (unpaired) electrons. The third-order valence-corrected chi connectivity index (χ3v) is 3.55. The molecule has 6 heteroatoms. The van der Waals surface area contributed by atoms with Crippen LogP contribution in [-0.4, -0.2) is 38.0 Å². The molecule has 1 aromatic rings. The maximum atomic E-state index is 13.6. The smallest absolute Gasteiger partial charge is 0.242 e. The van der Waals surface area contributed by atoms with Gasteiger partial charge in [0.15, 0.2) is 0 Å². The molecule has 2 N–H and O–H groups in total. The van der Waals surface area contributed by atoms with Gasteiger partial charge < -0.3 is 15.5 Å². The van der Waals surface area contributed by atoms with E-state index in [0.717, 1.165) is 0 Å². The third kappa shape index (κ3) is 4.18. The van der Waals surface area contributed by atoms with Crippen LogP contribution < -0.4 is 15.5 Å². The Bertz CT molecular complexity index is 521. The van der Waals surface area contributed by atoms with Crippen molar-refractivity contribution in [2.24, 2.45) is 0 Å². The topological polar surface area (TPSA) is 61.4 Å². The molecule has 2 rings (SSSR count). The molecule has 1 fully saturated rings. The van der Waals surface area contributed by atoms with E-state index in [4.69, 9.17) is 0 Å². The maximum absolute atomic E-state index is 13.6. The second kappa shape index (κ2) is 7.06. The zero-order chi connectivity index (χ0) is 15.2. The number of nitrogens with one attached hydrogen (secondary N) is 2. The molecule has 1 atom stereocenters. The van der Waals surface area contributed by atoms with Crippen LogP contribution in [-0.2, 0) is 9.59 Å². The Morgan fingerprint density at radius 2 is 2.24 bits per heavy atom. The first-order valence-corrected chi connectivity index (χ1v) is 7.10. The molecule has 0 spiro atoms. The minimum Gasteiger partial charge on any atom is -0.372 e. The standard InChI is InChI=1S/C15H20FN3O2/c1-19(13-6-3-2-5-11(13)16)10-4-9-17-15(21)12-7-8-14(20)18-12/h2-3,5-6,12H,4,7-10H2,1H3,(H,17,21)(H,18,20)/t12-/m1/s1. The second-order valence-electron chi connectivity index (χ2n) is 5.18. The number of para-hydroxylation sites is 1. The molecule has 21 heavy (non-hydrogen) atoms. The van der Waals surface area contributed by atoms with E-state index >= 15 is 0 Å². The summed E-state index contributed by atoms with van der Waals surface area (Å²) in [5.74, 6) is -0.471. The van der Waals surface area contributed by atoms with Crippen LogP contribution in [0.3, 0.4) is 0 Å². The number of nitrogens with zero attached hydrogens (tertiary/aromatic N) is 1. The van der Waals surface area contributed by atoms with E-state index in [1.165, 1.54) is 6.07 Å². The molecule has 1 aliphatic rings. The normalized spacial score (nSPS) is 17.4. The van der Waals surface area contributed by atoms with E-state index in [2.05, 4.69) is 10.6 Å². The second-order valence-corrected chi connectivity index (χ2v) is 5.18. The maximum Gasteiger partial charge on any atom is 0.242 e. The summed E-state index contributed by atoms with van der Waals surface area (Å²) < 4.78 is 13.6. The molecule has 1 saturated heterocycles. The van der Waals surface area contributed by atoms with E-state index in [0.29, 0.717) is 38.0 Å². The Morgan fingerprint density at radius 3 is 2.90 bits per heavy atom. The van der Waals surface area contributed by atoms with Crippen molar-refractivity contribution in [2.75, 3.05) is 25.0 Å². The van der Waals surface area contributed by atoms with E-state index in [9.17, 15) is 14.0 Å². The molecule has 0 aliphatic carbocycles. The lowest BCUT2D eigenvalue weighted by Gasteiger charge is -2.20. The largest absolute Gasteiger partial charge is 0.372 e. The predicted octanol–water partition coefficient (Wildman–Crippen LogP) is 1.05. The molecule has 0 aromatic heterocycles. The minimum absolute atomic E-state index is 0.0746. The Morgan fingerprint density at radius 1 is 1.48 bits per heavy atom. The summed E-state index contributed by atoms with van der Waals surface area (Å²) in [6, 6.07) is 6.20. The van der Waals surface area contributed by atoms with Crippen LogP contribution in [0.4, 0.5) is 10.1 Å². The first kappa shape index (κ1) is 15.3. The van der Waals surface area contributed by atoms with Crippen molar-refractivity contribution in [3.05, 3.63) is 30.1 Å². The average Bonchev–Trinajstić information content (AvgIpc) is 2.90. The summed E-state index contributed by atoms with van der Waals surface area (Å²) in [5.41, 5.74) is 0.548. The fourth-order valence-electron chi connectivity index (χ4n) is 2.34. The molecule has 5 nitrogen and oxygen atoms in total. The Labute approximate surface area is 123 Å². The van der Waals surface area contributed by atoms with Gasteiger partial charge in [0.25, 0.3) is 0 Å². The summed E-state index contributed by atoms with van der Waals surface area (Å²) in [5, 5.41) is 5.42. The first-order valence-electron chi connectivity index (χ1n) is 7.10. The number of amides is 2. The molecule has 0 bridgehead atoms. The van der Waals surface area contributed by atoms with E-state index in [1.54, 1.807) is 18.2 Å². The Kier molecular flexibility index (Phi) is 5.14. The van der Waals surface area contributed by atoms with Crippen LogP contribution in [0, 0.1) is 5.82 Å². The van der Waals surface area contributed by atoms with Gasteiger partial charge in [-0.05, 0) is 25.0 Å². The number of benzene rings is 1. The zero-order valence-electron chi connectivity index (χ0n) is 12.1. The molecular formula is C15H20FN3O2. The number of halogens is 1. The van der Waals surface area contributed by atoms with Crippen molar-refractivity contribution in [3.8, 4) is 0 Å². The number of hydrogen-bond donors (Lipinski definition) is 2. The summed E-state index contributed by atoms with van der Waals surface area (Å²) in [7, 11) is 1.82. The van der Waals surface area contributed by atoms with Gasteiger partial charge in [0.1, 0.15) is 11.9 Å². The summed E-state index contributed by atoms with van der Waals surface area (Å²) in [4.78, 5) is 24.6. The van der Waals surface area contributed by atoms with E-state index in [-0.39, 0.29) is 17.6 Å². The minimum atomic E-state index is -0.401. The highest BCUT2D eigenvalue weighted by Gasteiger charge is 2.26. The highest BCUT2D eigenvalue weighted by molar-refractivity contribution is 5.90. The SMILES string of the molecule is CN(CCCNC(=O)[C@H]1CCC(=O)N1)c1ccccc1F. The van der Waals surface area contributed by atoms with Crippen LogP contribution in [0.15, 0.2) is 24.3 Å². The number of carbonyl (C=O) groups excluding carboxylic acids is 2. The molecule has 1 aliphatic heterocycles. The lowest BCUT2D eigenvalue weighted by molar-refractivity contribution is -0.125.